The van der Waals surface area contributed by atoms with E-state index < -0.39 is 21.8 Å². The fourth-order valence-corrected chi connectivity index (χ4v) is 7.27. The van der Waals surface area contributed by atoms with Gasteiger partial charge in [-0.2, -0.15) is 4.31 Å². The van der Waals surface area contributed by atoms with Crippen molar-refractivity contribution in [1.82, 2.24) is 9.29 Å². The van der Waals surface area contributed by atoms with Crippen LogP contribution in [0, 0.1) is 11.7 Å². The smallest absolute Gasteiger partial charge is 0.243 e. The van der Waals surface area contributed by atoms with Crippen LogP contribution < -0.4 is 9.64 Å². The van der Waals surface area contributed by atoms with Crippen LogP contribution in [-0.2, 0) is 19.6 Å². The first-order valence-electron chi connectivity index (χ1n) is 12.0. The van der Waals surface area contributed by atoms with Gasteiger partial charge in [0, 0.05) is 19.7 Å². The van der Waals surface area contributed by atoms with Crippen molar-refractivity contribution in [1.29, 1.82) is 0 Å². The Bertz CT molecular complexity index is 1340. The van der Waals surface area contributed by atoms with E-state index in [2.05, 4.69) is 4.98 Å². The van der Waals surface area contributed by atoms with Gasteiger partial charge in [-0.15, -0.1) is 0 Å². The molecule has 11 heteroatoms. The zero-order valence-corrected chi connectivity index (χ0v) is 21.6. The predicted octanol–water partition coefficient (Wildman–Crippen LogP) is 4.06. The van der Waals surface area contributed by atoms with Gasteiger partial charge in [0.05, 0.1) is 35.3 Å². The lowest BCUT2D eigenvalue weighted by molar-refractivity contribution is -0.123. The molecule has 0 radical (unpaired) electrons. The summed E-state index contributed by atoms with van der Waals surface area (Å²) >= 11 is 1.26. The van der Waals surface area contributed by atoms with Crippen molar-refractivity contribution < 1.29 is 27.1 Å². The summed E-state index contributed by atoms with van der Waals surface area (Å²) in [5.41, 5.74) is 0.231. The van der Waals surface area contributed by atoms with Crippen LogP contribution in [0.15, 0.2) is 47.4 Å². The Morgan fingerprint density at radius 2 is 2.03 bits per heavy atom. The summed E-state index contributed by atoms with van der Waals surface area (Å²) in [4.78, 5) is 20.0. The summed E-state index contributed by atoms with van der Waals surface area (Å²) < 4.78 is 53.9. The van der Waals surface area contributed by atoms with Crippen molar-refractivity contribution >= 4 is 42.6 Å². The van der Waals surface area contributed by atoms with Crippen molar-refractivity contribution in [2.45, 2.75) is 36.7 Å². The van der Waals surface area contributed by atoms with Gasteiger partial charge in [-0.1, -0.05) is 17.4 Å². The molecular weight excluding hydrogens is 505 g/mol. The fourth-order valence-electron chi connectivity index (χ4n) is 4.75. The number of sulfonamides is 1. The van der Waals surface area contributed by atoms with Crippen LogP contribution in [0.2, 0.25) is 0 Å². The monoisotopic (exact) mass is 533 g/mol. The van der Waals surface area contributed by atoms with Gasteiger partial charge < -0.3 is 9.47 Å². The molecule has 36 heavy (non-hydrogen) atoms. The number of nitrogens with zero attached hydrogens (tertiary/aromatic N) is 3. The first-order chi connectivity index (χ1) is 17.4. The van der Waals surface area contributed by atoms with Crippen LogP contribution in [0.4, 0.5) is 9.52 Å². The maximum Gasteiger partial charge on any atom is 0.243 e. The Kier molecular flexibility index (Phi) is 7.25. The summed E-state index contributed by atoms with van der Waals surface area (Å²) in [7, 11) is -2.25. The van der Waals surface area contributed by atoms with Crippen molar-refractivity contribution in [3.63, 3.8) is 0 Å². The second-order valence-corrected chi connectivity index (χ2v) is 12.0. The van der Waals surface area contributed by atoms with Crippen molar-refractivity contribution in [3.05, 3.63) is 48.3 Å². The molecule has 1 aromatic heterocycles. The van der Waals surface area contributed by atoms with E-state index in [1.807, 2.05) is 0 Å². The number of carbonyl (C=O) groups is 1. The summed E-state index contributed by atoms with van der Waals surface area (Å²) in [6.45, 7) is 1.37. The molecule has 192 valence electrons. The third-order valence-corrected chi connectivity index (χ3v) is 9.62. The number of hydrogen-bond donors (Lipinski definition) is 0. The minimum Gasteiger partial charge on any atom is -0.497 e. The van der Waals surface area contributed by atoms with Gasteiger partial charge in [0.2, 0.25) is 15.9 Å². The zero-order chi connectivity index (χ0) is 25.3. The molecule has 2 aromatic carbocycles. The van der Waals surface area contributed by atoms with Crippen molar-refractivity contribution in [2.24, 2.45) is 5.92 Å². The summed E-state index contributed by atoms with van der Waals surface area (Å²) in [5, 5.41) is 0.408. The predicted molar refractivity (Wildman–Crippen MR) is 135 cm³/mol. The van der Waals surface area contributed by atoms with Crippen LogP contribution >= 0.6 is 11.3 Å². The van der Waals surface area contributed by atoms with Gasteiger partial charge in [-0.3, -0.25) is 9.69 Å². The SMILES string of the molecule is COc1ccc(S(=O)(=O)N2CCCC(C(=O)N(CC3CCCO3)c3nc4c(F)cccc4s3)C2)cc1. The molecule has 0 aliphatic carbocycles. The molecule has 1 amide bonds. The number of rotatable bonds is 7. The van der Waals surface area contributed by atoms with E-state index in [1.165, 1.54) is 41.0 Å². The molecule has 3 heterocycles. The summed E-state index contributed by atoms with van der Waals surface area (Å²) in [6.07, 6.45) is 2.74. The summed E-state index contributed by atoms with van der Waals surface area (Å²) in [6, 6.07) is 11.0. The highest BCUT2D eigenvalue weighted by molar-refractivity contribution is 7.89. The molecule has 0 spiro atoms. The molecule has 0 N–H and O–H groups in total. The Balaban J connectivity index is 1.40. The largest absolute Gasteiger partial charge is 0.497 e. The van der Waals surface area contributed by atoms with Crippen molar-refractivity contribution in [3.8, 4) is 5.75 Å². The van der Waals surface area contributed by atoms with Gasteiger partial charge in [-0.05, 0) is 62.1 Å². The molecule has 2 saturated heterocycles. The lowest BCUT2D eigenvalue weighted by atomic mass is 9.98. The average Bonchev–Trinajstić information content (AvgIpc) is 3.57. The van der Waals surface area contributed by atoms with Gasteiger partial charge in [0.25, 0.3) is 0 Å². The number of hydrogen-bond acceptors (Lipinski definition) is 7. The van der Waals surface area contributed by atoms with Gasteiger partial charge in [0.15, 0.2) is 5.13 Å². The normalized spacial score (nSPS) is 21.1. The van der Waals surface area contributed by atoms with E-state index in [4.69, 9.17) is 9.47 Å². The second kappa shape index (κ2) is 10.4. The Morgan fingerprint density at radius 1 is 1.22 bits per heavy atom. The van der Waals surface area contributed by atoms with Crippen LogP contribution in [0.5, 0.6) is 5.75 Å². The molecule has 0 bridgehead atoms. The highest BCUT2D eigenvalue weighted by atomic mass is 32.2. The number of para-hydroxylation sites is 1. The lowest BCUT2D eigenvalue weighted by Crippen LogP contribution is -2.48. The Labute approximate surface area is 213 Å². The minimum atomic E-state index is -3.77. The van der Waals surface area contributed by atoms with Crippen molar-refractivity contribution in [2.75, 3.05) is 38.3 Å². The lowest BCUT2D eigenvalue weighted by Gasteiger charge is -2.34. The Morgan fingerprint density at radius 3 is 2.72 bits per heavy atom. The number of anilines is 1. The summed E-state index contributed by atoms with van der Waals surface area (Å²) in [5.74, 6) is -0.615. The quantitative estimate of drug-likeness (QED) is 0.455. The molecule has 2 unspecified atom stereocenters. The molecule has 2 aliphatic rings. The maximum atomic E-state index is 14.3. The molecule has 8 nitrogen and oxygen atoms in total. The highest BCUT2D eigenvalue weighted by Gasteiger charge is 2.37. The first kappa shape index (κ1) is 25.1. The number of amides is 1. The number of ether oxygens (including phenoxy) is 2. The average molecular weight is 534 g/mol. The van der Waals surface area contributed by atoms with E-state index in [-0.39, 0.29) is 29.0 Å². The topological polar surface area (TPSA) is 89.0 Å². The minimum absolute atomic E-state index is 0.0779. The molecule has 0 saturated carbocycles. The molecular formula is C25H28FN3O5S2. The number of thiazole rings is 1. The molecule has 3 aromatic rings. The van der Waals surface area contributed by atoms with Crippen LogP contribution in [0.1, 0.15) is 25.7 Å². The zero-order valence-electron chi connectivity index (χ0n) is 19.9. The van der Waals surface area contributed by atoms with Crippen LogP contribution in [0.3, 0.4) is 0 Å². The number of methoxy groups -OCH3 is 1. The third-order valence-electron chi connectivity index (χ3n) is 6.70. The number of halogens is 1. The number of fused-ring (bicyclic) bond motifs is 1. The maximum absolute atomic E-state index is 14.3. The van der Waals surface area contributed by atoms with Crippen LogP contribution in [0.25, 0.3) is 10.2 Å². The molecule has 2 fully saturated rings. The highest BCUT2D eigenvalue weighted by Crippen LogP contribution is 2.34. The number of benzene rings is 2. The number of piperidine rings is 1. The number of carbonyl (C=O) groups excluding carboxylic acids is 1. The van der Waals surface area contributed by atoms with E-state index in [1.54, 1.807) is 29.2 Å². The number of aromatic nitrogens is 1. The van der Waals surface area contributed by atoms with E-state index >= 15 is 0 Å². The van der Waals surface area contributed by atoms with E-state index in [9.17, 15) is 17.6 Å². The van der Waals surface area contributed by atoms with E-state index in [0.29, 0.717) is 48.1 Å². The molecule has 2 aliphatic heterocycles. The standard InChI is InChI=1S/C25H28FN3O5S2/c1-33-18-9-11-20(12-10-18)36(31,32)28-13-3-5-17(15-28)24(30)29(16-19-6-4-14-34-19)25-27-23-21(26)7-2-8-22(23)35-25/h2,7-12,17,19H,3-6,13-16H2,1H3. The Hall–Kier alpha value is -2.60. The molecule has 5 rings (SSSR count). The fraction of sp³-hybridized carbons (Fsp3) is 0.440. The third kappa shape index (κ3) is 4.97. The second-order valence-electron chi connectivity index (χ2n) is 9.04. The van der Waals surface area contributed by atoms with Gasteiger partial charge >= 0.3 is 0 Å². The van der Waals surface area contributed by atoms with E-state index in [0.717, 1.165) is 12.8 Å². The van der Waals surface area contributed by atoms with Gasteiger partial charge in [-0.25, -0.2) is 17.8 Å². The van der Waals surface area contributed by atoms with Gasteiger partial charge in [0.1, 0.15) is 17.1 Å². The van der Waals surface area contributed by atoms with Crippen LogP contribution in [-0.4, -0.2) is 63.1 Å². The first-order valence-corrected chi connectivity index (χ1v) is 14.2. The molecule has 2 atom stereocenters.